The van der Waals surface area contributed by atoms with Gasteiger partial charge in [-0.15, -0.1) is 10.2 Å². The van der Waals surface area contributed by atoms with Crippen molar-refractivity contribution in [2.75, 3.05) is 11.1 Å². The van der Waals surface area contributed by atoms with Gasteiger partial charge in [-0.3, -0.25) is 4.79 Å². The third-order valence-corrected chi connectivity index (χ3v) is 3.97. The van der Waals surface area contributed by atoms with Crippen LogP contribution in [0, 0.1) is 0 Å². The molecule has 0 bridgehead atoms. The van der Waals surface area contributed by atoms with Crippen LogP contribution in [0.15, 0.2) is 29.4 Å². The van der Waals surface area contributed by atoms with Gasteiger partial charge in [-0.25, -0.2) is 0 Å². The summed E-state index contributed by atoms with van der Waals surface area (Å²) >= 11 is 7.13. The average Bonchev–Trinajstić information content (AvgIpc) is 2.89. The SMILES string of the molecule is CCn1c(CN)nnc1SCC(=O)Nc1ccc(Cl)cc1. The van der Waals surface area contributed by atoms with Crippen LogP contribution in [0.5, 0.6) is 0 Å². The van der Waals surface area contributed by atoms with Gasteiger partial charge in [-0.2, -0.15) is 0 Å². The molecule has 112 valence electrons. The molecule has 1 aromatic carbocycles. The normalized spacial score (nSPS) is 10.6. The molecule has 2 aromatic rings. The van der Waals surface area contributed by atoms with Crippen LogP contribution in [0.1, 0.15) is 12.7 Å². The zero-order chi connectivity index (χ0) is 15.2. The first kappa shape index (κ1) is 15.8. The number of nitrogens with two attached hydrogens (primary N) is 1. The van der Waals surface area contributed by atoms with E-state index in [-0.39, 0.29) is 11.7 Å². The Labute approximate surface area is 132 Å². The quantitative estimate of drug-likeness (QED) is 0.795. The van der Waals surface area contributed by atoms with Crippen LogP contribution in [-0.2, 0) is 17.9 Å². The lowest BCUT2D eigenvalue weighted by atomic mass is 10.3. The molecule has 21 heavy (non-hydrogen) atoms. The molecular formula is C13H16ClN5OS. The molecule has 2 rings (SSSR count). The highest BCUT2D eigenvalue weighted by molar-refractivity contribution is 7.99. The van der Waals surface area contributed by atoms with Crippen molar-refractivity contribution < 1.29 is 4.79 Å². The molecule has 8 heteroatoms. The van der Waals surface area contributed by atoms with E-state index in [1.807, 2.05) is 11.5 Å². The summed E-state index contributed by atoms with van der Waals surface area (Å²) < 4.78 is 1.90. The highest BCUT2D eigenvalue weighted by Crippen LogP contribution is 2.18. The first-order chi connectivity index (χ1) is 10.1. The lowest BCUT2D eigenvalue weighted by Crippen LogP contribution is -2.15. The Hall–Kier alpha value is -1.57. The number of nitrogens with one attached hydrogen (secondary N) is 1. The summed E-state index contributed by atoms with van der Waals surface area (Å²) in [5.41, 5.74) is 6.30. The fourth-order valence-electron chi connectivity index (χ4n) is 1.75. The molecule has 0 saturated carbocycles. The van der Waals surface area contributed by atoms with Crippen molar-refractivity contribution in [1.82, 2.24) is 14.8 Å². The Bertz CT molecular complexity index is 614. The van der Waals surface area contributed by atoms with Crippen molar-refractivity contribution in [1.29, 1.82) is 0 Å². The number of aromatic nitrogens is 3. The topological polar surface area (TPSA) is 85.8 Å². The lowest BCUT2D eigenvalue weighted by Gasteiger charge is -2.07. The number of carbonyl (C=O) groups excluding carboxylic acids is 1. The Kier molecular flexibility index (Phi) is 5.60. The van der Waals surface area contributed by atoms with E-state index in [0.29, 0.717) is 22.4 Å². The minimum absolute atomic E-state index is 0.109. The predicted molar refractivity (Wildman–Crippen MR) is 84.4 cm³/mol. The first-order valence-electron chi connectivity index (χ1n) is 6.44. The number of halogens is 1. The predicted octanol–water partition coefficient (Wildman–Crippen LogP) is 2.14. The van der Waals surface area contributed by atoms with Gasteiger partial charge in [0, 0.05) is 17.3 Å². The number of hydrogen-bond acceptors (Lipinski definition) is 5. The monoisotopic (exact) mass is 325 g/mol. The number of benzene rings is 1. The molecular weight excluding hydrogens is 310 g/mol. The maximum Gasteiger partial charge on any atom is 0.234 e. The smallest absolute Gasteiger partial charge is 0.234 e. The molecule has 0 spiro atoms. The minimum atomic E-state index is -0.109. The van der Waals surface area contributed by atoms with Crippen LogP contribution in [0.4, 0.5) is 5.69 Å². The number of thioether (sulfide) groups is 1. The number of hydrogen-bond donors (Lipinski definition) is 2. The molecule has 1 aromatic heterocycles. The van der Waals surface area contributed by atoms with E-state index in [9.17, 15) is 4.79 Å². The van der Waals surface area contributed by atoms with E-state index in [1.54, 1.807) is 24.3 Å². The standard InChI is InChI=1S/C13H16ClN5OS/c1-2-19-11(7-15)17-18-13(19)21-8-12(20)16-10-5-3-9(14)4-6-10/h3-6H,2,7-8,15H2,1H3,(H,16,20). The number of nitrogens with zero attached hydrogens (tertiary/aromatic N) is 3. The van der Waals surface area contributed by atoms with Gasteiger partial charge >= 0.3 is 0 Å². The molecule has 0 aliphatic heterocycles. The summed E-state index contributed by atoms with van der Waals surface area (Å²) in [6.45, 7) is 3.04. The van der Waals surface area contributed by atoms with E-state index < -0.39 is 0 Å². The zero-order valence-corrected chi connectivity index (χ0v) is 13.1. The van der Waals surface area contributed by atoms with E-state index >= 15 is 0 Å². The van der Waals surface area contributed by atoms with Crippen molar-refractivity contribution >= 4 is 35.0 Å². The summed E-state index contributed by atoms with van der Waals surface area (Å²) in [6.07, 6.45) is 0. The number of anilines is 1. The molecule has 0 aliphatic carbocycles. The maximum atomic E-state index is 11.9. The van der Waals surface area contributed by atoms with Gasteiger partial charge in [0.05, 0.1) is 12.3 Å². The molecule has 0 fully saturated rings. The van der Waals surface area contributed by atoms with Crippen molar-refractivity contribution in [2.24, 2.45) is 5.73 Å². The first-order valence-corrected chi connectivity index (χ1v) is 7.80. The summed E-state index contributed by atoms with van der Waals surface area (Å²) in [5.74, 6) is 0.867. The second-order valence-corrected chi connectivity index (χ2v) is 5.57. The van der Waals surface area contributed by atoms with Crippen LogP contribution >= 0.6 is 23.4 Å². The molecule has 0 saturated heterocycles. The summed E-state index contributed by atoms with van der Waals surface area (Å²) in [4.78, 5) is 11.9. The van der Waals surface area contributed by atoms with Crippen LogP contribution in [0.2, 0.25) is 5.02 Å². The van der Waals surface area contributed by atoms with Crippen molar-refractivity contribution in [3.63, 3.8) is 0 Å². The molecule has 1 heterocycles. The van der Waals surface area contributed by atoms with E-state index in [0.717, 1.165) is 12.4 Å². The molecule has 0 unspecified atom stereocenters. The summed E-state index contributed by atoms with van der Waals surface area (Å²) in [7, 11) is 0. The van der Waals surface area contributed by atoms with Crippen LogP contribution < -0.4 is 11.1 Å². The fourth-order valence-corrected chi connectivity index (χ4v) is 2.70. The van der Waals surface area contributed by atoms with Gasteiger partial charge in [-0.05, 0) is 31.2 Å². The third-order valence-electron chi connectivity index (χ3n) is 2.75. The van der Waals surface area contributed by atoms with Crippen LogP contribution in [0.3, 0.4) is 0 Å². The molecule has 6 nitrogen and oxygen atoms in total. The fraction of sp³-hybridized carbons (Fsp3) is 0.308. The van der Waals surface area contributed by atoms with Crippen molar-refractivity contribution in [2.45, 2.75) is 25.2 Å². The summed E-state index contributed by atoms with van der Waals surface area (Å²) in [5, 5.41) is 12.2. The molecule has 0 aliphatic rings. The molecule has 0 radical (unpaired) electrons. The summed E-state index contributed by atoms with van der Waals surface area (Å²) in [6, 6.07) is 6.97. The Morgan fingerprint density at radius 2 is 2.10 bits per heavy atom. The number of carbonyl (C=O) groups is 1. The number of rotatable bonds is 6. The van der Waals surface area contributed by atoms with Gasteiger partial charge in [0.25, 0.3) is 0 Å². The highest BCUT2D eigenvalue weighted by Gasteiger charge is 2.12. The largest absolute Gasteiger partial charge is 0.325 e. The second-order valence-electron chi connectivity index (χ2n) is 4.19. The van der Waals surface area contributed by atoms with E-state index in [4.69, 9.17) is 17.3 Å². The van der Waals surface area contributed by atoms with Gasteiger partial charge < -0.3 is 15.6 Å². The van der Waals surface area contributed by atoms with Gasteiger partial charge in [0.1, 0.15) is 5.82 Å². The van der Waals surface area contributed by atoms with Gasteiger partial charge in [0.15, 0.2) is 5.16 Å². The molecule has 3 N–H and O–H groups in total. The van der Waals surface area contributed by atoms with Gasteiger partial charge in [-0.1, -0.05) is 23.4 Å². The minimum Gasteiger partial charge on any atom is -0.325 e. The van der Waals surface area contributed by atoms with E-state index in [2.05, 4.69) is 15.5 Å². The Balaban J connectivity index is 1.92. The Morgan fingerprint density at radius 3 is 2.71 bits per heavy atom. The molecule has 1 amide bonds. The third kappa shape index (κ3) is 4.20. The molecule has 0 atom stereocenters. The van der Waals surface area contributed by atoms with Crippen LogP contribution in [-0.4, -0.2) is 26.4 Å². The lowest BCUT2D eigenvalue weighted by molar-refractivity contribution is -0.113. The maximum absolute atomic E-state index is 11.9. The zero-order valence-electron chi connectivity index (χ0n) is 11.5. The van der Waals surface area contributed by atoms with Gasteiger partial charge in [0.2, 0.25) is 5.91 Å². The highest BCUT2D eigenvalue weighted by atomic mass is 35.5. The number of amides is 1. The van der Waals surface area contributed by atoms with Crippen molar-refractivity contribution in [3.05, 3.63) is 35.1 Å². The van der Waals surface area contributed by atoms with Crippen LogP contribution in [0.25, 0.3) is 0 Å². The van der Waals surface area contributed by atoms with E-state index in [1.165, 1.54) is 11.8 Å². The average molecular weight is 326 g/mol. The van der Waals surface area contributed by atoms with Crippen molar-refractivity contribution in [3.8, 4) is 0 Å². The Morgan fingerprint density at radius 1 is 1.38 bits per heavy atom. The second kappa shape index (κ2) is 7.44.